The van der Waals surface area contributed by atoms with Crippen LogP contribution >= 0.6 is 0 Å². The van der Waals surface area contributed by atoms with Crippen molar-refractivity contribution in [3.8, 4) is 0 Å². The summed E-state index contributed by atoms with van der Waals surface area (Å²) in [5.41, 5.74) is 0. The van der Waals surface area contributed by atoms with Crippen LogP contribution in [0, 0.1) is 0 Å². The zero-order valence-electron chi connectivity index (χ0n) is 22.4. The lowest BCUT2D eigenvalue weighted by Gasteiger charge is -2.45. The molecule has 0 radical (unpaired) electrons. The molecule has 0 aromatic carbocycles. The quantitative estimate of drug-likeness (QED) is 0.131. The van der Waals surface area contributed by atoms with E-state index in [-0.39, 0.29) is 18.1 Å². The predicted molar refractivity (Wildman–Crippen MR) is 105 cm³/mol. The van der Waals surface area contributed by atoms with E-state index in [0.29, 0.717) is 0 Å². The van der Waals surface area contributed by atoms with Crippen LogP contribution in [0.5, 0.6) is 0 Å². The summed E-state index contributed by atoms with van der Waals surface area (Å²) < 4.78 is 333. The molecule has 0 fully saturated rings. The molecule has 0 aliphatic carbocycles. The molecule has 4 nitrogen and oxygen atoms in total. The second-order valence-corrected chi connectivity index (χ2v) is 12.5. The van der Waals surface area contributed by atoms with E-state index in [1.54, 1.807) is 0 Å². The normalized spacial score (nSPS) is 16.8. The van der Waals surface area contributed by atoms with Gasteiger partial charge in [0.15, 0.2) is 0 Å². The molecule has 0 aromatic rings. The maximum absolute atomic E-state index is 14.2. The molecule has 0 bridgehead atoms. The number of sulfonamides is 1. The third-order valence-electron chi connectivity index (χ3n) is 5.91. The zero-order valence-corrected chi connectivity index (χ0v) is 23.3. The van der Waals surface area contributed by atoms with E-state index in [1.807, 2.05) is 0 Å². The Morgan fingerprint density at radius 1 is 0.457 bits per heavy atom. The third-order valence-corrected chi connectivity index (χ3v) is 7.82. The van der Waals surface area contributed by atoms with Crippen LogP contribution in [0.2, 0.25) is 0 Å². The van der Waals surface area contributed by atoms with Gasteiger partial charge in [0.05, 0.1) is 27.7 Å². The van der Waals surface area contributed by atoms with Gasteiger partial charge in [-0.1, -0.05) is 0 Å². The summed E-state index contributed by atoms with van der Waals surface area (Å²) in [7, 11) is -3.59. The lowest BCUT2D eigenvalue weighted by atomic mass is 9.86. The van der Waals surface area contributed by atoms with Crippen molar-refractivity contribution < 1.29 is 114 Å². The number of halogens is 23. The van der Waals surface area contributed by atoms with Crippen LogP contribution in [0.3, 0.4) is 0 Å². The molecular weight excluding hydrogens is 745 g/mol. The fourth-order valence-corrected chi connectivity index (χ4v) is 4.20. The van der Waals surface area contributed by atoms with Gasteiger partial charge in [0.25, 0.3) is 10.0 Å². The van der Waals surface area contributed by atoms with Crippen molar-refractivity contribution in [2.45, 2.75) is 71.2 Å². The van der Waals surface area contributed by atoms with E-state index in [0.717, 1.165) is 0 Å². The van der Waals surface area contributed by atoms with E-state index in [9.17, 15) is 109 Å². The van der Waals surface area contributed by atoms with Crippen LogP contribution in [-0.2, 0) is 10.0 Å². The van der Waals surface area contributed by atoms with Gasteiger partial charge < -0.3 is 4.48 Å². The number of nitrogens with zero attached hydrogens (tertiary/aromatic N) is 2. The first-order chi connectivity index (χ1) is 19.4. The predicted octanol–water partition coefficient (Wildman–Crippen LogP) is 7.22. The average molecular weight is 763 g/mol. The highest BCUT2D eigenvalue weighted by molar-refractivity contribution is 7.90. The van der Waals surface area contributed by atoms with Crippen molar-refractivity contribution in [3.63, 3.8) is 0 Å². The van der Waals surface area contributed by atoms with Gasteiger partial charge in [-0.25, -0.2) is 8.42 Å². The van der Waals surface area contributed by atoms with E-state index in [2.05, 4.69) is 0 Å². The van der Waals surface area contributed by atoms with Gasteiger partial charge in [0, 0.05) is 20.0 Å². The van der Waals surface area contributed by atoms with Gasteiger partial charge in [-0.3, -0.25) is 0 Å². The topological polar surface area (TPSA) is 37.4 Å². The van der Waals surface area contributed by atoms with Crippen LogP contribution in [0.15, 0.2) is 0 Å². The molecule has 0 atom stereocenters. The first kappa shape index (κ1) is 44.3. The fourth-order valence-electron chi connectivity index (χ4n) is 2.99. The smallest absolute Gasteiger partial charge is 0.331 e. The summed E-state index contributed by atoms with van der Waals surface area (Å²) in [5.74, 6) is -82.7. The van der Waals surface area contributed by atoms with E-state index < -0.39 is 92.0 Å². The number of hydrogen-bond donors (Lipinski definition) is 0. The Balaban J connectivity index is 7.19. The first-order valence-electron chi connectivity index (χ1n) is 11.0. The fraction of sp³-hybridized carbons (Fsp3) is 1.00. The van der Waals surface area contributed by atoms with Crippen LogP contribution in [0.25, 0.3) is 0 Å². The van der Waals surface area contributed by atoms with Gasteiger partial charge in [0.2, 0.25) is 0 Å². The van der Waals surface area contributed by atoms with Crippen LogP contribution < -0.4 is 0 Å². The molecule has 0 unspecified atom stereocenters. The Morgan fingerprint density at radius 3 is 0.935 bits per heavy atom. The Morgan fingerprint density at radius 2 is 0.696 bits per heavy atom. The summed E-state index contributed by atoms with van der Waals surface area (Å²) in [6.07, 6.45) is -8.79. The number of alkyl halides is 23. The van der Waals surface area contributed by atoms with Crippen molar-refractivity contribution in [2.24, 2.45) is 0 Å². The van der Waals surface area contributed by atoms with Crippen LogP contribution in [0.4, 0.5) is 101 Å². The standard InChI is InChI=1S/C18H18F23N2O2S/c1-42(6-5-7-43(2,3)4)46(44,45)18(40,41)16(35,36)14(31,32)12(27,28)10(23,24)8(19,20)9(21,22)11(25,26)13(29,30)15(33,34)17(37,38)39/h5-7H2,1-4H3/q+1. The van der Waals surface area contributed by atoms with E-state index in [4.69, 9.17) is 0 Å². The maximum atomic E-state index is 14.2. The average Bonchev–Trinajstić information content (AvgIpc) is 2.80. The number of hydrogen-bond acceptors (Lipinski definition) is 2. The molecule has 0 heterocycles. The maximum Gasteiger partial charge on any atom is 0.460 e. The molecule has 0 rings (SSSR count). The van der Waals surface area contributed by atoms with Crippen molar-refractivity contribution in [1.29, 1.82) is 0 Å². The molecular formula is C18H18F23N2O2S+. The van der Waals surface area contributed by atoms with Crippen LogP contribution in [-0.4, -0.2) is 123 Å². The van der Waals surface area contributed by atoms with E-state index in [1.165, 1.54) is 21.1 Å². The molecule has 46 heavy (non-hydrogen) atoms. The molecule has 0 saturated carbocycles. The van der Waals surface area contributed by atoms with Crippen molar-refractivity contribution >= 4 is 10.0 Å². The zero-order chi connectivity index (χ0) is 38.2. The highest BCUT2D eigenvalue weighted by atomic mass is 32.2. The summed E-state index contributed by atoms with van der Waals surface area (Å²) in [4.78, 5) is 0. The monoisotopic (exact) mass is 763 g/mol. The van der Waals surface area contributed by atoms with Gasteiger partial charge in [-0.2, -0.15) is 105 Å². The molecule has 0 aromatic heterocycles. The SMILES string of the molecule is CN(CCC[N+](C)(C)C)S(=O)(=O)C(F)(F)C(F)(F)C(F)(F)C(F)(F)C(F)(F)C(F)(F)C(F)(F)C(F)(F)C(F)(F)C(F)(F)C(F)(F)F. The molecule has 0 aliphatic rings. The van der Waals surface area contributed by atoms with Gasteiger partial charge in [-0.05, 0) is 0 Å². The van der Waals surface area contributed by atoms with E-state index >= 15 is 0 Å². The number of rotatable bonds is 15. The molecule has 278 valence electrons. The molecule has 28 heteroatoms. The third kappa shape index (κ3) is 5.92. The molecule has 0 aliphatic heterocycles. The molecule has 0 saturated heterocycles. The van der Waals surface area contributed by atoms with Gasteiger partial charge >= 0.3 is 64.7 Å². The second kappa shape index (κ2) is 11.4. The summed E-state index contributed by atoms with van der Waals surface area (Å²) >= 11 is 0. The lowest BCUT2D eigenvalue weighted by Crippen LogP contribution is -2.78. The van der Waals surface area contributed by atoms with Gasteiger partial charge in [0.1, 0.15) is 0 Å². The second-order valence-electron chi connectivity index (χ2n) is 10.4. The number of quaternary nitrogens is 1. The first-order valence-corrected chi connectivity index (χ1v) is 12.4. The molecule has 0 amide bonds. The summed E-state index contributed by atoms with van der Waals surface area (Å²) in [5, 5.41) is -7.82. The van der Waals surface area contributed by atoms with Crippen LogP contribution in [0.1, 0.15) is 6.42 Å². The molecule has 0 N–H and O–H groups in total. The Bertz CT molecular complexity index is 1200. The largest absolute Gasteiger partial charge is 0.460 e. The minimum Gasteiger partial charge on any atom is -0.331 e. The Kier molecular flexibility index (Phi) is 11.0. The summed E-state index contributed by atoms with van der Waals surface area (Å²) in [6, 6.07) is 0. The minimum absolute atomic E-state index is 0.131. The summed E-state index contributed by atoms with van der Waals surface area (Å²) in [6.45, 7) is -1.62. The molecule has 0 spiro atoms. The Labute approximate surface area is 241 Å². The van der Waals surface area contributed by atoms with Crippen molar-refractivity contribution in [1.82, 2.24) is 4.31 Å². The minimum atomic E-state index is -9.55. The van der Waals surface area contributed by atoms with Gasteiger partial charge in [-0.15, -0.1) is 0 Å². The van der Waals surface area contributed by atoms with Crippen molar-refractivity contribution in [3.05, 3.63) is 0 Å². The highest BCUT2D eigenvalue weighted by Gasteiger charge is 2.99. The lowest BCUT2D eigenvalue weighted by molar-refractivity contribution is -0.870. The highest BCUT2D eigenvalue weighted by Crippen LogP contribution is 2.67. The Hall–Kier alpha value is -1.74. The van der Waals surface area contributed by atoms with Crippen molar-refractivity contribution in [2.75, 3.05) is 41.3 Å².